The van der Waals surface area contributed by atoms with E-state index in [4.69, 9.17) is 0 Å². The van der Waals surface area contributed by atoms with Gasteiger partial charge in [0, 0.05) is 22.1 Å². The molecule has 0 bridgehead atoms. The first-order chi connectivity index (χ1) is 15.5. The molecule has 11 heteroatoms. The first kappa shape index (κ1) is 23.6. The van der Waals surface area contributed by atoms with Gasteiger partial charge >= 0.3 is 0 Å². The van der Waals surface area contributed by atoms with Crippen LogP contribution in [0.1, 0.15) is 23.5 Å². The van der Waals surface area contributed by atoms with Crippen molar-refractivity contribution in [2.24, 2.45) is 7.05 Å². The highest BCUT2D eigenvalue weighted by Crippen LogP contribution is 2.47. The van der Waals surface area contributed by atoms with Crippen LogP contribution in [-0.4, -0.2) is 18.2 Å². The number of benzene rings is 2. The summed E-state index contributed by atoms with van der Waals surface area (Å²) in [7, 11) is -2.51. The SMILES string of the molecule is Cc1cc(NS(=O)(=O)C2CC2c2ccc(F)c(F)c2)c(Nc2ccc(I)cc2F)n(C)c1=O. The molecule has 1 saturated carbocycles. The Morgan fingerprint density at radius 2 is 1.73 bits per heavy atom. The second-order valence-electron chi connectivity index (χ2n) is 7.90. The molecule has 0 amide bonds. The van der Waals surface area contributed by atoms with Crippen molar-refractivity contribution < 1.29 is 21.6 Å². The molecule has 0 radical (unpaired) electrons. The molecule has 33 heavy (non-hydrogen) atoms. The Kier molecular flexibility index (Phi) is 6.20. The Bertz CT molecular complexity index is 1430. The molecule has 1 aromatic heterocycles. The monoisotopic (exact) mass is 589 g/mol. The van der Waals surface area contributed by atoms with Crippen LogP contribution < -0.4 is 15.6 Å². The van der Waals surface area contributed by atoms with E-state index in [9.17, 15) is 26.4 Å². The Balaban J connectivity index is 1.66. The molecular formula is C22H19F3IN3O3S. The summed E-state index contributed by atoms with van der Waals surface area (Å²) in [5, 5.41) is 1.95. The molecule has 2 aromatic carbocycles. The standard InChI is InChI=1S/C22H19F3IN3O3S/c1-11-7-19(21(29(2)22(11)30)27-18-6-4-13(26)9-17(18)25)28-33(31,32)20-10-14(20)12-3-5-15(23)16(24)8-12/h3-9,14,20,27-28H,10H2,1-2H3. The molecule has 4 rings (SSSR count). The lowest BCUT2D eigenvalue weighted by molar-refractivity contribution is 0.507. The molecule has 0 spiro atoms. The van der Waals surface area contributed by atoms with E-state index < -0.39 is 38.6 Å². The number of rotatable bonds is 6. The minimum Gasteiger partial charge on any atom is -0.337 e. The molecule has 2 N–H and O–H groups in total. The summed E-state index contributed by atoms with van der Waals surface area (Å²) in [5.41, 5.74) is 0.443. The van der Waals surface area contributed by atoms with Crippen LogP contribution in [-0.2, 0) is 17.1 Å². The van der Waals surface area contributed by atoms with Gasteiger partial charge in [0.1, 0.15) is 11.6 Å². The van der Waals surface area contributed by atoms with Crippen LogP contribution >= 0.6 is 22.6 Å². The lowest BCUT2D eigenvalue weighted by atomic mass is 10.1. The van der Waals surface area contributed by atoms with Gasteiger partial charge in [-0.1, -0.05) is 6.07 Å². The fraction of sp³-hybridized carbons (Fsp3) is 0.227. The van der Waals surface area contributed by atoms with E-state index in [1.165, 1.54) is 42.8 Å². The molecule has 0 aliphatic heterocycles. The zero-order valence-corrected chi connectivity index (χ0v) is 20.5. The van der Waals surface area contributed by atoms with Crippen molar-refractivity contribution >= 4 is 49.8 Å². The van der Waals surface area contributed by atoms with Gasteiger partial charge in [0.2, 0.25) is 10.0 Å². The van der Waals surface area contributed by atoms with E-state index >= 15 is 0 Å². The molecule has 6 nitrogen and oxygen atoms in total. The molecule has 174 valence electrons. The van der Waals surface area contributed by atoms with E-state index in [2.05, 4.69) is 10.0 Å². The lowest BCUT2D eigenvalue weighted by Gasteiger charge is -2.19. The fourth-order valence-corrected chi connectivity index (χ4v) is 5.80. The van der Waals surface area contributed by atoms with Crippen LogP contribution in [0.25, 0.3) is 0 Å². The molecule has 1 aliphatic carbocycles. The first-order valence-corrected chi connectivity index (χ1v) is 12.5. The first-order valence-electron chi connectivity index (χ1n) is 9.87. The zero-order valence-electron chi connectivity index (χ0n) is 17.5. The third-order valence-electron chi connectivity index (χ3n) is 5.53. The quantitative estimate of drug-likeness (QED) is 0.407. The number of aryl methyl sites for hydroxylation is 1. The fourth-order valence-electron chi connectivity index (χ4n) is 3.68. The van der Waals surface area contributed by atoms with E-state index in [0.29, 0.717) is 9.13 Å². The van der Waals surface area contributed by atoms with E-state index in [0.717, 1.165) is 12.1 Å². The summed E-state index contributed by atoms with van der Waals surface area (Å²) >= 11 is 1.96. The van der Waals surface area contributed by atoms with Gasteiger partial charge < -0.3 is 5.32 Å². The van der Waals surface area contributed by atoms with Crippen molar-refractivity contribution in [3.63, 3.8) is 0 Å². The van der Waals surface area contributed by atoms with Crippen LogP contribution in [0.5, 0.6) is 0 Å². The number of anilines is 3. The Morgan fingerprint density at radius 3 is 2.39 bits per heavy atom. The largest absolute Gasteiger partial charge is 0.337 e. The summed E-state index contributed by atoms with van der Waals surface area (Å²) in [6.45, 7) is 1.54. The molecule has 1 fully saturated rings. The van der Waals surface area contributed by atoms with Gasteiger partial charge in [-0.05, 0) is 77.9 Å². The minimum atomic E-state index is -3.95. The average molecular weight is 589 g/mol. The van der Waals surface area contributed by atoms with E-state index in [1.54, 1.807) is 6.07 Å². The number of pyridine rings is 1. The average Bonchev–Trinajstić information content (AvgIpc) is 3.54. The Morgan fingerprint density at radius 1 is 1.00 bits per heavy atom. The predicted molar refractivity (Wildman–Crippen MR) is 129 cm³/mol. The van der Waals surface area contributed by atoms with Gasteiger partial charge in [0.25, 0.3) is 5.56 Å². The van der Waals surface area contributed by atoms with Crippen molar-refractivity contribution in [1.29, 1.82) is 0 Å². The highest BCUT2D eigenvalue weighted by atomic mass is 127. The van der Waals surface area contributed by atoms with E-state index in [-0.39, 0.29) is 34.7 Å². The second-order valence-corrected chi connectivity index (χ2v) is 11.0. The van der Waals surface area contributed by atoms with Crippen LogP contribution in [0.15, 0.2) is 47.3 Å². The van der Waals surface area contributed by atoms with Gasteiger partial charge in [-0.25, -0.2) is 21.6 Å². The topological polar surface area (TPSA) is 80.2 Å². The van der Waals surface area contributed by atoms with Crippen LogP contribution in [0, 0.1) is 27.9 Å². The van der Waals surface area contributed by atoms with E-state index in [1.807, 2.05) is 22.6 Å². The third-order valence-corrected chi connectivity index (χ3v) is 8.03. The number of nitrogens with one attached hydrogen (secondary N) is 2. The molecular weight excluding hydrogens is 570 g/mol. The lowest BCUT2D eigenvalue weighted by Crippen LogP contribution is -2.26. The number of halogens is 4. The summed E-state index contributed by atoms with van der Waals surface area (Å²) in [6.07, 6.45) is 0.236. The van der Waals surface area contributed by atoms with Crippen LogP contribution in [0.3, 0.4) is 0 Å². The second kappa shape index (κ2) is 8.67. The Labute approximate surface area is 202 Å². The van der Waals surface area contributed by atoms with Gasteiger partial charge in [-0.15, -0.1) is 0 Å². The molecule has 2 unspecified atom stereocenters. The maximum atomic E-state index is 14.4. The Hall–Kier alpha value is -2.54. The van der Waals surface area contributed by atoms with Crippen molar-refractivity contribution in [1.82, 2.24) is 4.57 Å². The number of aromatic nitrogens is 1. The summed E-state index contributed by atoms with van der Waals surface area (Å²) in [5.74, 6) is -3.03. The molecule has 3 aromatic rings. The van der Waals surface area contributed by atoms with Crippen molar-refractivity contribution in [2.75, 3.05) is 10.0 Å². The van der Waals surface area contributed by atoms with Crippen molar-refractivity contribution in [2.45, 2.75) is 24.5 Å². The maximum absolute atomic E-state index is 14.4. The van der Waals surface area contributed by atoms with Gasteiger partial charge in [0.15, 0.2) is 11.6 Å². The van der Waals surface area contributed by atoms with Gasteiger partial charge in [-0.2, -0.15) is 0 Å². The maximum Gasteiger partial charge on any atom is 0.254 e. The number of nitrogens with zero attached hydrogens (tertiary/aromatic N) is 1. The summed E-state index contributed by atoms with van der Waals surface area (Å²) in [6, 6.07) is 9.16. The number of hydrogen-bond donors (Lipinski definition) is 2. The third kappa shape index (κ3) is 4.74. The van der Waals surface area contributed by atoms with Gasteiger partial charge in [-0.3, -0.25) is 14.1 Å². The molecule has 1 aliphatic rings. The summed E-state index contributed by atoms with van der Waals surface area (Å²) in [4.78, 5) is 12.5. The molecule has 2 atom stereocenters. The van der Waals surface area contributed by atoms with Gasteiger partial charge in [0.05, 0.1) is 16.6 Å². The smallest absolute Gasteiger partial charge is 0.254 e. The number of hydrogen-bond acceptors (Lipinski definition) is 4. The zero-order chi connectivity index (χ0) is 24.1. The van der Waals surface area contributed by atoms with Crippen LogP contribution in [0.2, 0.25) is 0 Å². The summed E-state index contributed by atoms with van der Waals surface area (Å²) < 4.78 is 71.7. The number of sulfonamides is 1. The molecule has 0 saturated heterocycles. The minimum absolute atomic E-state index is 0.0688. The van der Waals surface area contributed by atoms with Crippen LogP contribution in [0.4, 0.5) is 30.4 Å². The highest BCUT2D eigenvalue weighted by molar-refractivity contribution is 14.1. The highest BCUT2D eigenvalue weighted by Gasteiger charge is 2.48. The predicted octanol–water partition coefficient (Wildman–Crippen LogP) is 4.76. The van der Waals surface area contributed by atoms with Crippen molar-refractivity contribution in [3.05, 3.63) is 85.0 Å². The van der Waals surface area contributed by atoms with Crippen molar-refractivity contribution in [3.8, 4) is 0 Å². The molecule has 1 heterocycles. The normalized spacial score (nSPS) is 17.6.